The molecule has 0 aromatic heterocycles. The van der Waals surface area contributed by atoms with E-state index in [-0.39, 0.29) is 18.1 Å². The van der Waals surface area contributed by atoms with Gasteiger partial charge >= 0.3 is 0 Å². The van der Waals surface area contributed by atoms with E-state index in [4.69, 9.17) is 0 Å². The molecule has 1 amide bonds. The van der Waals surface area contributed by atoms with Gasteiger partial charge in [-0.2, -0.15) is 0 Å². The van der Waals surface area contributed by atoms with E-state index in [1.54, 1.807) is 4.90 Å². The summed E-state index contributed by atoms with van der Waals surface area (Å²) in [5, 5.41) is 10.1. The summed E-state index contributed by atoms with van der Waals surface area (Å²) in [6.07, 6.45) is 3.95. The van der Waals surface area contributed by atoms with E-state index in [9.17, 15) is 9.90 Å². The zero-order valence-electron chi connectivity index (χ0n) is 12.7. The highest BCUT2D eigenvalue weighted by atomic mass is 16.3. The molecule has 1 fully saturated rings. The number of amides is 1. The highest BCUT2D eigenvalue weighted by molar-refractivity contribution is 5.79. The Morgan fingerprint density at radius 3 is 2.65 bits per heavy atom. The molecule has 0 heterocycles. The van der Waals surface area contributed by atoms with Gasteiger partial charge in [-0.1, -0.05) is 36.6 Å². The first kappa shape index (κ1) is 15.0. The van der Waals surface area contributed by atoms with Crippen LogP contribution < -0.4 is 0 Å². The number of nitrogens with zero attached hydrogens (tertiary/aromatic N) is 1. The predicted molar refractivity (Wildman–Crippen MR) is 80.7 cm³/mol. The minimum atomic E-state index is -0.364. The van der Waals surface area contributed by atoms with Gasteiger partial charge in [-0.15, -0.1) is 0 Å². The largest absolute Gasteiger partial charge is 0.391 e. The van der Waals surface area contributed by atoms with Crippen LogP contribution in [0.1, 0.15) is 42.4 Å². The van der Waals surface area contributed by atoms with Gasteiger partial charge in [0.1, 0.15) is 0 Å². The maximum Gasteiger partial charge on any atom is 0.227 e. The maximum absolute atomic E-state index is 12.4. The lowest BCUT2D eigenvalue weighted by Gasteiger charge is -2.35. The summed E-state index contributed by atoms with van der Waals surface area (Å²) >= 11 is 0. The number of aliphatic hydroxyl groups excluding tert-OH is 1. The highest BCUT2D eigenvalue weighted by Crippen LogP contribution is 2.23. The van der Waals surface area contributed by atoms with Crippen LogP contribution >= 0.6 is 0 Å². The standard InChI is InChI=1S/C17H25NO2/c1-12-8-9-14(13(2)10-12)11-17(20)18(3)15-6-4-5-7-16(15)19/h8-10,15-16,19H,4-7,11H2,1-3H3/t15-,16-/m1/s1. The second-order valence-corrected chi connectivity index (χ2v) is 6.03. The Balaban J connectivity index is 2.03. The van der Waals surface area contributed by atoms with Gasteiger partial charge in [-0.25, -0.2) is 0 Å². The second kappa shape index (κ2) is 6.40. The molecule has 2 atom stereocenters. The molecule has 3 nitrogen and oxygen atoms in total. The summed E-state index contributed by atoms with van der Waals surface area (Å²) in [5.41, 5.74) is 3.46. The molecule has 1 aromatic carbocycles. The lowest BCUT2D eigenvalue weighted by Crippen LogP contribution is -2.46. The molecule has 20 heavy (non-hydrogen) atoms. The van der Waals surface area contributed by atoms with E-state index in [0.717, 1.165) is 36.8 Å². The van der Waals surface area contributed by atoms with Crippen molar-refractivity contribution in [2.24, 2.45) is 0 Å². The molecule has 1 aliphatic rings. The quantitative estimate of drug-likeness (QED) is 0.921. The van der Waals surface area contributed by atoms with E-state index < -0.39 is 0 Å². The molecular formula is C17H25NO2. The molecule has 0 saturated heterocycles. The van der Waals surface area contributed by atoms with Crippen LogP contribution in [0.15, 0.2) is 18.2 Å². The fourth-order valence-electron chi connectivity index (χ4n) is 3.06. The minimum Gasteiger partial charge on any atom is -0.391 e. The minimum absolute atomic E-state index is 0.0120. The van der Waals surface area contributed by atoms with Crippen molar-refractivity contribution in [3.05, 3.63) is 34.9 Å². The first-order valence-electron chi connectivity index (χ1n) is 7.49. The van der Waals surface area contributed by atoms with Crippen molar-refractivity contribution in [1.82, 2.24) is 4.90 Å². The van der Waals surface area contributed by atoms with Gasteiger partial charge in [0, 0.05) is 7.05 Å². The molecule has 2 rings (SSSR count). The third-order valence-electron chi connectivity index (χ3n) is 4.42. The molecule has 0 unspecified atom stereocenters. The predicted octanol–water partition coefficient (Wildman–Crippen LogP) is 2.61. The molecule has 0 bridgehead atoms. The Kier molecular flexibility index (Phi) is 4.81. The van der Waals surface area contributed by atoms with Crippen molar-refractivity contribution < 1.29 is 9.90 Å². The SMILES string of the molecule is Cc1ccc(CC(=O)N(C)[C@@H]2CCCC[C@H]2O)c(C)c1. The molecule has 0 aliphatic heterocycles. The number of likely N-dealkylation sites (N-methyl/N-ethyl adjacent to an activating group) is 1. The number of aliphatic hydroxyl groups is 1. The smallest absolute Gasteiger partial charge is 0.227 e. The van der Waals surface area contributed by atoms with Crippen molar-refractivity contribution >= 4 is 5.91 Å². The van der Waals surface area contributed by atoms with Gasteiger partial charge in [0.05, 0.1) is 18.6 Å². The molecular weight excluding hydrogens is 250 g/mol. The molecule has 1 saturated carbocycles. The number of carbonyl (C=O) groups is 1. The second-order valence-electron chi connectivity index (χ2n) is 6.03. The average Bonchev–Trinajstić information content (AvgIpc) is 2.41. The molecule has 0 spiro atoms. The van der Waals surface area contributed by atoms with E-state index in [1.165, 1.54) is 5.56 Å². The van der Waals surface area contributed by atoms with Gasteiger partial charge in [-0.05, 0) is 37.8 Å². The highest BCUT2D eigenvalue weighted by Gasteiger charge is 2.29. The zero-order valence-corrected chi connectivity index (χ0v) is 12.7. The Labute approximate surface area is 121 Å². The van der Waals surface area contributed by atoms with E-state index in [0.29, 0.717) is 6.42 Å². The summed E-state index contributed by atoms with van der Waals surface area (Å²) < 4.78 is 0. The van der Waals surface area contributed by atoms with Crippen LogP contribution in [-0.4, -0.2) is 35.1 Å². The zero-order chi connectivity index (χ0) is 14.7. The van der Waals surface area contributed by atoms with Crippen LogP contribution in [0.25, 0.3) is 0 Å². The molecule has 0 radical (unpaired) electrons. The number of aryl methyl sites for hydroxylation is 2. The topological polar surface area (TPSA) is 40.5 Å². The summed E-state index contributed by atoms with van der Waals surface area (Å²) in [7, 11) is 1.82. The number of benzene rings is 1. The molecule has 1 aliphatic carbocycles. The van der Waals surface area contributed by atoms with Crippen molar-refractivity contribution in [3.63, 3.8) is 0 Å². The summed E-state index contributed by atoms with van der Waals surface area (Å²) in [6.45, 7) is 4.11. The van der Waals surface area contributed by atoms with Crippen LogP contribution in [0.2, 0.25) is 0 Å². The van der Waals surface area contributed by atoms with Crippen LogP contribution in [0.4, 0.5) is 0 Å². The Morgan fingerprint density at radius 1 is 1.30 bits per heavy atom. The number of hydrogen-bond donors (Lipinski definition) is 1. The summed E-state index contributed by atoms with van der Waals surface area (Å²) in [5.74, 6) is 0.0999. The van der Waals surface area contributed by atoms with Crippen molar-refractivity contribution in [2.75, 3.05) is 7.05 Å². The lowest BCUT2D eigenvalue weighted by molar-refractivity contribution is -0.134. The lowest BCUT2D eigenvalue weighted by atomic mass is 9.91. The first-order chi connectivity index (χ1) is 9.49. The molecule has 1 aromatic rings. The summed E-state index contributed by atoms with van der Waals surface area (Å²) in [6, 6.07) is 6.18. The van der Waals surface area contributed by atoms with E-state index in [2.05, 4.69) is 13.0 Å². The van der Waals surface area contributed by atoms with Crippen LogP contribution in [0.5, 0.6) is 0 Å². The van der Waals surface area contributed by atoms with Crippen molar-refractivity contribution in [2.45, 2.75) is 58.1 Å². The van der Waals surface area contributed by atoms with E-state index in [1.807, 2.05) is 26.1 Å². The average molecular weight is 275 g/mol. The van der Waals surface area contributed by atoms with Gasteiger partial charge in [0.2, 0.25) is 5.91 Å². The Morgan fingerprint density at radius 2 is 2.00 bits per heavy atom. The van der Waals surface area contributed by atoms with E-state index >= 15 is 0 Å². The number of rotatable bonds is 3. The van der Waals surface area contributed by atoms with Gasteiger partial charge in [-0.3, -0.25) is 4.79 Å². The normalized spacial score (nSPS) is 22.6. The Bertz CT molecular complexity index is 484. The van der Waals surface area contributed by atoms with Crippen molar-refractivity contribution in [1.29, 1.82) is 0 Å². The van der Waals surface area contributed by atoms with Crippen LogP contribution in [-0.2, 0) is 11.2 Å². The van der Waals surface area contributed by atoms with Gasteiger partial charge in [0.15, 0.2) is 0 Å². The van der Waals surface area contributed by atoms with Crippen molar-refractivity contribution in [3.8, 4) is 0 Å². The number of hydrogen-bond acceptors (Lipinski definition) is 2. The first-order valence-corrected chi connectivity index (χ1v) is 7.49. The van der Waals surface area contributed by atoms with Gasteiger partial charge in [0.25, 0.3) is 0 Å². The third kappa shape index (κ3) is 3.40. The molecule has 3 heteroatoms. The molecule has 110 valence electrons. The maximum atomic E-state index is 12.4. The fourth-order valence-corrected chi connectivity index (χ4v) is 3.06. The third-order valence-corrected chi connectivity index (χ3v) is 4.42. The monoisotopic (exact) mass is 275 g/mol. The van der Waals surface area contributed by atoms with Crippen LogP contribution in [0.3, 0.4) is 0 Å². The molecule has 1 N–H and O–H groups in total. The Hall–Kier alpha value is -1.35. The fraction of sp³-hybridized carbons (Fsp3) is 0.588. The van der Waals surface area contributed by atoms with Crippen LogP contribution in [0, 0.1) is 13.8 Å². The number of carbonyl (C=O) groups excluding carboxylic acids is 1. The summed E-state index contributed by atoms with van der Waals surface area (Å²) in [4.78, 5) is 14.2. The van der Waals surface area contributed by atoms with Gasteiger partial charge < -0.3 is 10.0 Å².